The lowest BCUT2D eigenvalue weighted by Gasteiger charge is -2.14. The van der Waals surface area contributed by atoms with Crippen LogP contribution in [-0.2, 0) is 12.6 Å². The van der Waals surface area contributed by atoms with Gasteiger partial charge in [0.25, 0.3) is 5.76 Å². The molecule has 0 bridgehead atoms. The third-order valence-electron chi connectivity index (χ3n) is 4.00. The van der Waals surface area contributed by atoms with Crippen molar-refractivity contribution in [2.75, 3.05) is 6.61 Å². The van der Waals surface area contributed by atoms with E-state index in [2.05, 4.69) is 6.58 Å². The fourth-order valence-corrected chi connectivity index (χ4v) is 2.59. The fraction of sp³-hybridized carbons (Fsp3) is 0.190. The van der Waals surface area contributed by atoms with E-state index in [-0.39, 0.29) is 29.1 Å². The van der Waals surface area contributed by atoms with Crippen molar-refractivity contribution in [1.82, 2.24) is 0 Å². The number of hydrogen-bond donors (Lipinski definition) is 0. The molecule has 0 aliphatic carbocycles. The number of rotatable bonds is 6. The Balaban J connectivity index is 2.12. The molecule has 0 fully saturated rings. The van der Waals surface area contributed by atoms with Crippen LogP contribution in [0.3, 0.4) is 0 Å². The molecule has 0 aliphatic rings. The molecule has 7 heteroatoms. The first-order chi connectivity index (χ1) is 13.3. The molecule has 1 aromatic heterocycles. The molecule has 3 rings (SSSR count). The molecule has 146 valence electrons. The second kappa shape index (κ2) is 7.80. The maximum atomic E-state index is 13.5. The van der Waals surface area contributed by atoms with Gasteiger partial charge in [0.1, 0.15) is 23.7 Å². The van der Waals surface area contributed by atoms with E-state index in [1.54, 1.807) is 12.1 Å². The molecule has 0 saturated carbocycles. The lowest BCUT2D eigenvalue weighted by molar-refractivity contribution is -0.154. The highest BCUT2D eigenvalue weighted by Crippen LogP contribution is 2.38. The van der Waals surface area contributed by atoms with E-state index in [0.717, 1.165) is 12.0 Å². The minimum absolute atomic E-state index is 0.0425. The fourth-order valence-electron chi connectivity index (χ4n) is 2.59. The van der Waals surface area contributed by atoms with Gasteiger partial charge in [-0.1, -0.05) is 31.7 Å². The first-order valence-electron chi connectivity index (χ1n) is 8.52. The monoisotopic (exact) mass is 390 g/mol. The molecule has 28 heavy (non-hydrogen) atoms. The molecule has 0 saturated heterocycles. The average Bonchev–Trinajstić information content (AvgIpc) is 2.68. The predicted molar refractivity (Wildman–Crippen MR) is 99.1 cm³/mol. The van der Waals surface area contributed by atoms with Gasteiger partial charge in [-0.05, 0) is 36.2 Å². The van der Waals surface area contributed by atoms with Gasteiger partial charge in [0.15, 0.2) is 0 Å². The van der Waals surface area contributed by atoms with E-state index in [1.165, 1.54) is 36.4 Å². The number of halogens is 3. The lowest BCUT2D eigenvalue weighted by Crippen LogP contribution is -2.15. The van der Waals surface area contributed by atoms with Crippen LogP contribution in [0.15, 0.2) is 64.3 Å². The summed E-state index contributed by atoms with van der Waals surface area (Å²) in [6.45, 7) is 5.61. The van der Waals surface area contributed by atoms with Gasteiger partial charge in [-0.2, -0.15) is 13.2 Å². The number of hydrogen-bond acceptors (Lipinski definition) is 4. The second-order valence-electron chi connectivity index (χ2n) is 5.94. The number of benzene rings is 2. The smallest absolute Gasteiger partial charge is 0.453 e. The molecule has 0 unspecified atom stereocenters. The molecular weight excluding hydrogens is 373 g/mol. The lowest BCUT2D eigenvalue weighted by atomic mass is 10.1. The summed E-state index contributed by atoms with van der Waals surface area (Å²) in [6.07, 6.45) is -2.66. The SMILES string of the molecule is C=CCOc1ccc2c(=O)c(Oc3ccc(CC)cc3)c(C(F)(F)F)oc2c1. The molecule has 0 atom stereocenters. The average molecular weight is 390 g/mol. The number of aryl methyl sites for hydroxylation is 1. The van der Waals surface area contributed by atoms with Crippen LogP contribution < -0.4 is 14.9 Å². The Morgan fingerprint density at radius 2 is 1.79 bits per heavy atom. The van der Waals surface area contributed by atoms with E-state index in [4.69, 9.17) is 13.9 Å². The highest BCUT2D eigenvalue weighted by atomic mass is 19.4. The Morgan fingerprint density at radius 3 is 2.39 bits per heavy atom. The van der Waals surface area contributed by atoms with Crippen LogP contribution in [0.5, 0.6) is 17.2 Å². The van der Waals surface area contributed by atoms with Gasteiger partial charge in [-0.15, -0.1) is 0 Å². The largest absolute Gasteiger partial charge is 0.489 e. The Hall–Kier alpha value is -3.22. The molecule has 0 radical (unpaired) electrons. The zero-order valence-electron chi connectivity index (χ0n) is 15.0. The summed E-state index contributed by atoms with van der Waals surface area (Å²) < 4.78 is 56.2. The minimum atomic E-state index is -4.91. The van der Waals surface area contributed by atoms with Gasteiger partial charge in [-0.25, -0.2) is 0 Å². The Labute approximate surface area is 158 Å². The summed E-state index contributed by atoms with van der Waals surface area (Å²) in [5.74, 6) is -2.03. The summed E-state index contributed by atoms with van der Waals surface area (Å²) >= 11 is 0. The summed E-state index contributed by atoms with van der Waals surface area (Å²) in [5.41, 5.74) is -0.169. The zero-order valence-corrected chi connectivity index (χ0v) is 15.0. The molecule has 0 aliphatic heterocycles. The highest BCUT2D eigenvalue weighted by molar-refractivity contribution is 5.79. The van der Waals surface area contributed by atoms with Crippen LogP contribution in [0.25, 0.3) is 11.0 Å². The van der Waals surface area contributed by atoms with Crippen LogP contribution in [0.4, 0.5) is 13.2 Å². The normalized spacial score (nSPS) is 11.4. The topological polar surface area (TPSA) is 48.7 Å². The summed E-state index contributed by atoms with van der Waals surface area (Å²) in [6, 6.07) is 10.5. The van der Waals surface area contributed by atoms with Crippen molar-refractivity contribution in [3.05, 3.63) is 76.7 Å². The Kier molecular flexibility index (Phi) is 5.44. The molecule has 1 heterocycles. The third kappa shape index (κ3) is 4.03. The minimum Gasteiger partial charge on any atom is -0.489 e. The van der Waals surface area contributed by atoms with Crippen LogP contribution in [0.1, 0.15) is 18.2 Å². The van der Waals surface area contributed by atoms with Gasteiger partial charge in [0.2, 0.25) is 11.2 Å². The standard InChI is InChI=1S/C21H17F3O4/c1-3-11-26-15-9-10-16-17(12-15)28-20(21(22,23)24)19(18(16)25)27-14-7-5-13(4-2)6-8-14/h3,5-10,12H,1,4,11H2,2H3. The van der Waals surface area contributed by atoms with Crippen molar-refractivity contribution >= 4 is 11.0 Å². The van der Waals surface area contributed by atoms with Crippen LogP contribution in [0, 0.1) is 0 Å². The van der Waals surface area contributed by atoms with E-state index in [9.17, 15) is 18.0 Å². The van der Waals surface area contributed by atoms with Gasteiger partial charge in [0.05, 0.1) is 5.39 Å². The van der Waals surface area contributed by atoms with Crippen molar-refractivity contribution in [2.45, 2.75) is 19.5 Å². The van der Waals surface area contributed by atoms with Crippen molar-refractivity contribution in [3.63, 3.8) is 0 Å². The second-order valence-corrected chi connectivity index (χ2v) is 5.94. The summed E-state index contributed by atoms with van der Waals surface area (Å²) in [4.78, 5) is 12.7. The van der Waals surface area contributed by atoms with E-state index in [1.807, 2.05) is 6.92 Å². The molecular formula is C21H17F3O4. The number of fused-ring (bicyclic) bond motifs is 1. The van der Waals surface area contributed by atoms with E-state index >= 15 is 0 Å². The maximum absolute atomic E-state index is 13.5. The van der Waals surface area contributed by atoms with E-state index < -0.39 is 23.1 Å². The van der Waals surface area contributed by atoms with Crippen LogP contribution >= 0.6 is 0 Å². The third-order valence-corrected chi connectivity index (χ3v) is 4.00. The van der Waals surface area contributed by atoms with Gasteiger partial charge in [-0.3, -0.25) is 4.79 Å². The zero-order chi connectivity index (χ0) is 20.3. The molecule has 0 N–H and O–H groups in total. The Morgan fingerprint density at radius 1 is 1.11 bits per heavy atom. The predicted octanol–water partition coefficient (Wildman–Crippen LogP) is 5.73. The van der Waals surface area contributed by atoms with E-state index in [0.29, 0.717) is 0 Å². The van der Waals surface area contributed by atoms with Gasteiger partial charge >= 0.3 is 6.18 Å². The molecule has 0 amide bonds. The molecule has 3 aromatic rings. The summed E-state index contributed by atoms with van der Waals surface area (Å²) in [5, 5.41) is -0.0425. The highest BCUT2D eigenvalue weighted by Gasteiger charge is 2.40. The van der Waals surface area contributed by atoms with Crippen molar-refractivity contribution in [2.24, 2.45) is 0 Å². The van der Waals surface area contributed by atoms with Crippen molar-refractivity contribution in [3.8, 4) is 17.2 Å². The first kappa shape index (κ1) is 19.5. The van der Waals surface area contributed by atoms with Crippen molar-refractivity contribution < 1.29 is 27.1 Å². The summed E-state index contributed by atoms with van der Waals surface area (Å²) in [7, 11) is 0. The quantitative estimate of drug-likeness (QED) is 0.504. The van der Waals surface area contributed by atoms with Crippen LogP contribution in [0.2, 0.25) is 0 Å². The number of alkyl halides is 3. The molecule has 2 aromatic carbocycles. The maximum Gasteiger partial charge on any atom is 0.453 e. The van der Waals surface area contributed by atoms with Crippen molar-refractivity contribution in [1.29, 1.82) is 0 Å². The van der Waals surface area contributed by atoms with Crippen LogP contribution in [-0.4, -0.2) is 6.61 Å². The molecule has 4 nitrogen and oxygen atoms in total. The molecule has 0 spiro atoms. The Bertz CT molecular complexity index is 1050. The van der Waals surface area contributed by atoms with Gasteiger partial charge < -0.3 is 13.9 Å². The number of ether oxygens (including phenoxy) is 2. The first-order valence-corrected chi connectivity index (χ1v) is 8.52. The van der Waals surface area contributed by atoms with Gasteiger partial charge in [0, 0.05) is 6.07 Å².